The van der Waals surface area contributed by atoms with E-state index in [1.165, 1.54) is 20.0 Å². The number of cyclic esters (lactones) is 2. The largest absolute Gasteiger partial charge is 0.484 e. The Morgan fingerprint density at radius 1 is 0.966 bits per heavy atom. The molecule has 0 saturated carbocycles. The quantitative estimate of drug-likeness (QED) is 0.440. The van der Waals surface area contributed by atoms with Gasteiger partial charge in [-0.05, 0) is 36.4 Å². The highest BCUT2D eigenvalue weighted by Gasteiger charge is 2.38. The molecular weight excluding hydrogens is 376 g/mol. The third kappa shape index (κ3) is 5.58. The number of hydrogen-bond donors (Lipinski definition) is 2. The summed E-state index contributed by atoms with van der Waals surface area (Å²) < 4.78 is 15.4. The summed E-state index contributed by atoms with van der Waals surface area (Å²) in [5.41, 5.74) is 0.935. The van der Waals surface area contributed by atoms with Gasteiger partial charge in [-0.25, -0.2) is 9.59 Å². The molecule has 0 spiro atoms. The summed E-state index contributed by atoms with van der Waals surface area (Å²) in [4.78, 5) is 35.7. The van der Waals surface area contributed by atoms with Crippen molar-refractivity contribution in [2.75, 3.05) is 17.2 Å². The summed E-state index contributed by atoms with van der Waals surface area (Å²) in [7, 11) is 0. The van der Waals surface area contributed by atoms with Gasteiger partial charge in [0.1, 0.15) is 5.75 Å². The zero-order chi connectivity index (χ0) is 20.9. The average Bonchev–Trinajstić information content (AvgIpc) is 2.67. The van der Waals surface area contributed by atoms with Crippen molar-refractivity contribution in [1.29, 1.82) is 0 Å². The Morgan fingerprint density at radius 2 is 1.55 bits per heavy atom. The van der Waals surface area contributed by atoms with Crippen LogP contribution < -0.4 is 15.4 Å². The molecule has 150 valence electrons. The van der Waals surface area contributed by atoms with Crippen LogP contribution in [0.2, 0.25) is 0 Å². The summed E-state index contributed by atoms with van der Waals surface area (Å²) in [5.74, 6) is -2.50. The summed E-state index contributed by atoms with van der Waals surface area (Å²) in [5, 5.41) is 5.54. The second-order valence-electron chi connectivity index (χ2n) is 6.61. The van der Waals surface area contributed by atoms with E-state index in [9.17, 15) is 14.4 Å². The lowest BCUT2D eigenvalue weighted by Crippen LogP contribution is -2.42. The van der Waals surface area contributed by atoms with Crippen molar-refractivity contribution < 1.29 is 28.6 Å². The van der Waals surface area contributed by atoms with Crippen molar-refractivity contribution in [2.24, 2.45) is 0 Å². The highest BCUT2D eigenvalue weighted by Crippen LogP contribution is 2.23. The first kappa shape index (κ1) is 19.9. The number of benzene rings is 2. The molecule has 2 aromatic rings. The minimum Gasteiger partial charge on any atom is -0.484 e. The Hall–Kier alpha value is -3.81. The average molecular weight is 396 g/mol. The summed E-state index contributed by atoms with van der Waals surface area (Å²) >= 11 is 0. The van der Waals surface area contributed by atoms with Crippen LogP contribution in [0, 0.1) is 0 Å². The number of anilines is 2. The Balaban J connectivity index is 1.53. The number of para-hydroxylation sites is 1. The van der Waals surface area contributed by atoms with Gasteiger partial charge in [0.05, 0.1) is 0 Å². The minimum atomic E-state index is -1.28. The molecule has 1 aliphatic heterocycles. The Morgan fingerprint density at radius 3 is 2.17 bits per heavy atom. The Bertz CT molecular complexity index is 913. The highest BCUT2D eigenvalue weighted by molar-refractivity contribution is 6.15. The first-order chi connectivity index (χ1) is 13.8. The highest BCUT2D eigenvalue weighted by atomic mass is 16.7. The smallest absolute Gasteiger partial charge is 0.350 e. The molecule has 0 aliphatic carbocycles. The molecule has 0 unspecified atom stereocenters. The van der Waals surface area contributed by atoms with Crippen molar-refractivity contribution in [2.45, 2.75) is 19.6 Å². The van der Waals surface area contributed by atoms with E-state index < -0.39 is 17.7 Å². The summed E-state index contributed by atoms with van der Waals surface area (Å²) in [6.45, 7) is 2.84. The topological polar surface area (TPSA) is 103 Å². The van der Waals surface area contributed by atoms with Crippen LogP contribution in [0.5, 0.6) is 5.75 Å². The molecule has 2 N–H and O–H groups in total. The number of hydrogen-bond acceptors (Lipinski definition) is 7. The predicted octanol–water partition coefficient (Wildman–Crippen LogP) is 2.84. The van der Waals surface area contributed by atoms with Crippen molar-refractivity contribution in [3.63, 3.8) is 0 Å². The van der Waals surface area contributed by atoms with Crippen LogP contribution >= 0.6 is 0 Å². The van der Waals surface area contributed by atoms with Gasteiger partial charge < -0.3 is 24.8 Å². The molecule has 2 aromatic carbocycles. The van der Waals surface area contributed by atoms with E-state index in [1.54, 1.807) is 36.4 Å². The zero-order valence-corrected chi connectivity index (χ0v) is 15.9. The lowest BCUT2D eigenvalue weighted by Gasteiger charge is -2.29. The lowest BCUT2D eigenvalue weighted by atomic mass is 10.2. The maximum atomic E-state index is 12.0. The molecule has 1 amide bonds. The van der Waals surface area contributed by atoms with Crippen molar-refractivity contribution in [3.8, 4) is 5.75 Å². The molecule has 29 heavy (non-hydrogen) atoms. The van der Waals surface area contributed by atoms with Gasteiger partial charge >= 0.3 is 11.9 Å². The second-order valence-corrected chi connectivity index (χ2v) is 6.61. The normalized spacial score (nSPS) is 15.0. The first-order valence-corrected chi connectivity index (χ1v) is 8.83. The van der Waals surface area contributed by atoms with Gasteiger partial charge in [0.2, 0.25) is 0 Å². The fourth-order valence-electron chi connectivity index (χ4n) is 2.45. The van der Waals surface area contributed by atoms with Crippen LogP contribution in [-0.4, -0.2) is 30.2 Å². The van der Waals surface area contributed by atoms with E-state index in [0.29, 0.717) is 17.1 Å². The molecule has 8 heteroatoms. The van der Waals surface area contributed by atoms with Crippen molar-refractivity contribution in [1.82, 2.24) is 0 Å². The van der Waals surface area contributed by atoms with E-state index in [0.717, 1.165) is 0 Å². The first-order valence-electron chi connectivity index (χ1n) is 8.83. The van der Waals surface area contributed by atoms with E-state index >= 15 is 0 Å². The molecule has 1 heterocycles. The molecule has 3 rings (SSSR count). The monoisotopic (exact) mass is 396 g/mol. The SMILES string of the molecule is CC1(C)OC(=O)C(=CNc2ccc(NC(=O)COc3ccccc3)cc2)C(=O)O1. The molecule has 0 bridgehead atoms. The van der Waals surface area contributed by atoms with Gasteiger partial charge in [0, 0.05) is 31.4 Å². The van der Waals surface area contributed by atoms with Gasteiger partial charge in [0.25, 0.3) is 11.7 Å². The van der Waals surface area contributed by atoms with E-state index in [-0.39, 0.29) is 18.1 Å². The number of nitrogens with one attached hydrogen (secondary N) is 2. The second kappa shape index (κ2) is 8.47. The molecular formula is C21H20N2O6. The van der Waals surface area contributed by atoms with Crippen LogP contribution in [0.25, 0.3) is 0 Å². The van der Waals surface area contributed by atoms with Gasteiger partial charge in [-0.3, -0.25) is 4.79 Å². The van der Waals surface area contributed by atoms with Crippen molar-refractivity contribution >= 4 is 29.2 Å². The number of esters is 2. The molecule has 1 fully saturated rings. The molecule has 1 saturated heterocycles. The Labute approximate surface area is 167 Å². The van der Waals surface area contributed by atoms with Crippen LogP contribution in [-0.2, 0) is 23.9 Å². The Kier molecular flexibility index (Phi) is 5.82. The maximum Gasteiger partial charge on any atom is 0.350 e. The van der Waals surface area contributed by atoms with Gasteiger partial charge in [0.15, 0.2) is 12.2 Å². The van der Waals surface area contributed by atoms with Crippen LogP contribution in [0.15, 0.2) is 66.4 Å². The summed E-state index contributed by atoms with van der Waals surface area (Å²) in [6.07, 6.45) is 1.22. The van der Waals surface area contributed by atoms with Gasteiger partial charge in [-0.2, -0.15) is 0 Å². The maximum absolute atomic E-state index is 12.0. The van der Waals surface area contributed by atoms with Crippen molar-refractivity contribution in [3.05, 3.63) is 66.4 Å². The molecule has 0 radical (unpaired) electrons. The lowest BCUT2D eigenvalue weighted by molar-refractivity contribution is -0.222. The van der Waals surface area contributed by atoms with Gasteiger partial charge in [-0.1, -0.05) is 18.2 Å². The number of carbonyl (C=O) groups is 3. The number of carbonyl (C=O) groups excluding carboxylic acids is 3. The predicted molar refractivity (Wildman–Crippen MR) is 105 cm³/mol. The van der Waals surface area contributed by atoms with E-state index in [1.807, 2.05) is 18.2 Å². The molecule has 0 atom stereocenters. The fraction of sp³-hybridized carbons (Fsp3) is 0.190. The summed E-state index contributed by atoms with van der Waals surface area (Å²) in [6, 6.07) is 15.7. The van der Waals surface area contributed by atoms with E-state index in [4.69, 9.17) is 14.2 Å². The van der Waals surface area contributed by atoms with Crippen LogP contribution in [0.4, 0.5) is 11.4 Å². The minimum absolute atomic E-state index is 0.114. The zero-order valence-electron chi connectivity index (χ0n) is 15.9. The van der Waals surface area contributed by atoms with Crippen LogP contribution in [0.3, 0.4) is 0 Å². The number of amides is 1. The molecule has 8 nitrogen and oxygen atoms in total. The molecule has 1 aliphatic rings. The number of ether oxygens (including phenoxy) is 3. The fourth-order valence-corrected chi connectivity index (χ4v) is 2.45. The number of rotatable bonds is 6. The van der Waals surface area contributed by atoms with Crippen LogP contribution in [0.1, 0.15) is 13.8 Å². The molecule has 0 aromatic heterocycles. The standard InChI is InChI=1S/C21H20N2O6/c1-21(2)28-19(25)17(20(26)29-21)12-22-14-8-10-15(11-9-14)23-18(24)13-27-16-6-4-3-5-7-16/h3-12,22H,13H2,1-2H3,(H,23,24). The van der Waals surface area contributed by atoms with E-state index in [2.05, 4.69) is 10.6 Å². The third-order valence-electron chi connectivity index (χ3n) is 3.78. The van der Waals surface area contributed by atoms with Gasteiger partial charge in [-0.15, -0.1) is 0 Å². The third-order valence-corrected chi connectivity index (χ3v) is 3.78.